The number of aromatic nitrogens is 1. The maximum Gasteiger partial charge on any atom is 0.224 e. The topological polar surface area (TPSA) is 70.9 Å². The SMILES string of the molecule is CC(C)C(CN)C(=O)NCCc1cc[nH]c1. The van der Waals surface area contributed by atoms with Crippen molar-refractivity contribution in [3.63, 3.8) is 0 Å². The van der Waals surface area contributed by atoms with Crippen LogP contribution in [0.2, 0.25) is 0 Å². The molecule has 0 spiro atoms. The molecule has 4 heteroatoms. The number of nitrogens with one attached hydrogen (secondary N) is 2. The van der Waals surface area contributed by atoms with Gasteiger partial charge in [-0.25, -0.2) is 0 Å². The van der Waals surface area contributed by atoms with E-state index < -0.39 is 0 Å². The van der Waals surface area contributed by atoms with Crippen LogP contribution in [-0.2, 0) is 11.2 Å². The molecule has 0 aromatic carbocycles. The van der Waals surface area contributed by atoms with Crippen molar-refractivity contribution in [2.75, 3.05) is 13.1 Å². The monoisotopic (exact) mass is 223 g/mol. The lowest BCUT2D eigenvalue weighted by Crippen LogP contribution is -2.38. The molecule has 0 saturated carbocycles. The van der Waals surface area contributed by atoms with E-state index in [1.807, 2.05) is 32.3 Å². The summed E-state index contributed by atoms with van der Waals surface area (Å²) in [5.74, 6) is 0.275. The lowest BCUT2D eigenvalue weighted by atomic mass is 9.95. The molecule has 0 aliphatic carbocycles. The average molecular weight is 223 g/mol. The summed E-state index contributed by atoms with van der Waals surface area (Å²) in [5, 5.41) is 2.92. The summed E-state index contributed by atoms with van der Waals surface area (Å²) in [6.07, 6.45) is 4.67. The first-order valence-corrected chi connectivity index (χ1v) is 5.74. The van der Waals surface area contributed by atoms with Gasteiger partial charge in [0.15, 0.2) is 0 Å². The van der Waals surface area contributed by atoms with E-state index in [4.69, 9.17) is 5.73 Å². The Balaban J connectivity index is 2.29. The molecule has 1 unspecified atom stereocenters. The summed E-state index contributed by atoms with van der Waals surface area (Å²) in [4.78, 5) is 14.7. The largest absolute Gasteiger partial charge is 0.367 e. The Bertz CT molecular complexity index is 306. The van der Waals surface area contributed by atoms with Gasteiger partial charge in [0.05, 0.1) is 5.92 Å². The van der Waals surface area contributed by atoms with Gasteiger partial charge in [-0.05, 0) is 24.0 Å². The molecule has 90 valence electrons. The van der Waals surface area contributed by atoms with E-state index in [-0.39, 0.29) is 17.7 Å². The second kappa shape index (κ2) is 6.33. The van der Waals surface area contributed by atoms with E-state index in [1.165, 1.54) is 5.56 Å². The minimum atomic E-state index is -0.0776. The van der Waals surface area contributed by atoms with Gasteiger partial charge in [-0.3, -0.25) is 4.79 Å². The molecule has 0 fully saturated rings. The molecule has 1 heterocycles. The number of nitrogens with two attached hydrogens (primary N) is 1. The summed E-state index contributed by atoms with van der Waals surface area (Å²) in [7, 11) is 0. The lowest BCUT2D eigenvalue weighted by Gasteiger charge is -2.17. The smallest absolute Gasteiger partial charge is 0.224 e. The highest BCUT2D eigenvalue weighted by Crippen LogP contribution is 2.08. The lowest BCUT2D eigenvalue weighted by molar-refractivity contribution is -0.125. The fraction of sp³-hybridized carbons (Fsp3) is 0.583. The van der Waals surface area contributed by atoms with Crippen molar-refractivity contribution in [1.29, 1.82) is 0 Å². The van der Waals surface area contributed by atoms with Gasteiger partial charge < -0.3 is 16.0 Å². The number of hydrogen-bond donors (Lipinski definition) is 3. The summed E-state index contributed by atoms with van der Waals surface area (Å²) >= 11 is 0. The number of aromatic amines is 1. The fourth-order valence-corrected chi connectivity index (χ4v) is 1.66. The first-order valence-electron chi connectivity index (χ1n) is 5.74. The Kier molecular flexibility index (Phi) is 5.05. The molecule has 0 radical (unpaired) electrons. The standard InChI is InChI=1S/C12H21N3O/c1-9(2)11(7-13)12(16)15-6-4-10-3-5-14-8-10/h3,5,8-9,11,14H,4,6-7,13H2,1-2H3,(H,15,16). The highest BCUT2D eigenvalue weighted by atomic mass is 16.1. The number of rotatable bonds is 6. The van der Waals surface area contributed by atoms with Crippen LogP contribution in [0.4, 0.5) is 0 Å². The molecule has 1 atom stereocenters. The Morgan fingerprint density at radius 1 is 1.56 bits per heavy atom. The summed E-state index contributed by atoms with van der Waals surface area (Å²) in [6.45, 7) is 5.11. The van der Waals surface area contributed by atoms with E-state index in [0.717, 1.165) is 6.42 Å². The Morgan fingerprint density at radius 2 is 2.31 bits per heavy atom. The zero-order chi connectivity index (χ0) is 12.0. The fourth-order valence-electron chi connectivity index (χ4n) is 1.66. The Hall–Kier alpha value is -1.29. The molecule has 4 nitrogen and oxygen atoms in total. The molecule has 0 bridgehead atoms. The van der Waals surface area contributed by atoms with Crippen LogP contribution >= 0.6 is 0 Å². The van der Waals surface area contributed by atoms with E-state index in [1.54, 1.807) is 0 Å². The highest BCUT2D eigenvalue weighted by Gasteiger charge is 2.19. The molecular weight excluding hydrogens is 202 g/mol. The second-order valence-corrected chi connectivity index (χ2v) is 4.35. The molecule has 0 saturated heterocycles. The summed E-state index contributed by atoms with van der Waals surface area (Å²) in [6, 6.07) is 2.01. The number of carbonyl (C=O) groups is 1. The molecule has 16 heavy (non-hydrogen) atoms. The molecule has 1 aromatic rings. The van der Waals surface area contributed by atoms with Crippen molar-refractivity contribution in [2.45, 2.75) is 20.3 Å². The van der Waals surface area contributed by atoms with Gasteiger partial charge in [0.2, 0.25) is 5.91 Å². The first-order chi connectivity index (χ1) is 7.65. The number of carbonyl (C=O) groups excluding carboxylic acids is 1. The highest BCUT2D eigenvalue weighted by molar-refractivity contribution is 5.79. The van der Waals surface area contributed by atoms with Crippen molar-refractivity contribution in [3.05, 3.63) is 24.0 Å². The zero-order valence-corrected chi connectivity index (χ0v) is 9.99. The zero-order valence-electron chi connectivity index (χ0n) is 9.99. The Labute approximate surface area is 96.6 Å². The minimum absolute atomic E-state index is 0.0630. The third kappa shape index (κ3) is 3.70. The molecule has 0 aliphatic heterocycles. The number of H-pyrrole nitrogens is 1. The number of hydrogen-bond acceptors (Lipinski definition) is 2. The molecule has 1 amide bonds. The minimum Gasteiger partial charge on any atom is -0.367 e. The third-order valence-corrected chi connectivity index (χ3v) is 2.77. The van der Waals surface area contributed by atoms with E-state index in [9.17, 15) is 4.79 Å². The molecule has 1 aromatic heterocycles. The van der Waals surface area contributed by atoms with Gasteiger partial charge in [0.25, 0.3) is 0 Å². The van der Waals surface area contributed by atoms with Crippen molar-refractivity contribution in [1.82, 2.24) is 10.3 Å². The van der Waals surface area contributed by atoms with Crippen molar-refractivity contribution >= 4 is 5.91 Å². The average Bonchev–Trinajstić information content (AvgIpc) is 2.71. The normalized spacial score (nSPS) is 12.8. The van der Waals surface area contributed by atoms with Gasteiger partial charge >= 0.3 is 0 Å². The van der Waals surface area contributed by atoms with Gasteiger partial charge in [-0.15, -0.1) is 0 Å². The van der Waals surface area contributed by atoms with Gasteiger partial charge in [0.1, 0.15) is 0 Å². The molecular formula is C12H21N3O. The van der Waals surface area contributed by atoms with Crippen LogP contribution in [-0.4, -0.2) is 24.0 Å². The predicted octanol–water partition coefficient (Wildman–Crippen LogP) is 0.904. The van der Waals surface area contributed by atoms with Crippen molar-refractivity contribution < 1.29 is 4.79 Å². The van der Waals surface area contributed by atoms with Crippen LogP contribution in [0.3, 0.4) is 0 Å². The Morgan fingerprint density at radius 3 is 2.81 bits per heavy atom. The van der Waals surface area contributed by atoms with Gasteiger partial charge in [-0.1, -0.05) is 13.8 Å². The molecule has 1 rings (SSSR count). The predicted molar refractivity (Wildman–Crippen MR) is 64.9 cm³/mol. The van der Waals surface area contributed by atoms with Crippen LogP contribution in [0.5, 0.6) is 0 Å². The van der Waals surface area contributed by atoms with E-state index >= 15 is 0 Å². The van der Waals surface area contributed by atoms with E-state index in [0.29, 0.717) is 13.1 Å². The van der Waals surface area contributed by atoms with Gasteiger partial charge in [0, 0.05) is 25.5 Å². The summed E-state index contributed by atoms with van der Waals surface area (Å²) in [5.41, 5.74) is 6.78. The number of amides is 1. The summed E-state index contributed by atoms with van der Waals surface area (Å²) < 4.78 is 0. The van der Waals surface area contributed by atoms with Crippen molar-refractivity contribution in [2.24, 2.45) is 17.6 Å². The third-order valence-electron chi connectivity index (χ3n) is 2.77. The maximum atomic E-state index is 11.7. The van der Waals surface area contributed by atoms with Crippen molar-refractivity contribution in [3.8, 4) is 0 Å². The van der Waals surface area contributed by atoms with E-state index in [2.05, 4.69) is 10.3 Å². The molecule has 4 N–H and O–H groups in total. The van der Waals surface area contributed by atoms with Crippen LogP contribution in [0.25, 0.3) is 0 Å². The second-order valence-electron chi connectivity index (χ2n) is 4.35. The van der Waals surface area contributed by atoms with Gasteiger partial charge in [-0.2, -0.15) is 0 Å². The first kappa shape index (κ1) is 12.8. The van der Waals surface area contributed by atoms with Crippen LogP contribution < -0.4 is 11.1 Å². The van der Waals surface area contributed by atoms with Crippen LogP contribution in [0, 0.1) is 11.8 Å². The quantitative estimate of drug-likeness (QED) is 0.670. The molecule has 0 aliphatic rings. The van der Waals surface area contributed by atoms with Crippen LogP contribution in [0.1, 0.15) is 19.4 Å². The maximum absolute atomic E-state index is 11.7. The van der Waals surface area contributed by atoms with Crippen LogP contribution in [0.15, 0.2) is 18.5 Å².